The number of aromatic nitrogens is 3. The Hall–Kier alpha value is -1.33. The van der Waals surface area contributed by atoms with Crippen molar-refractivity contribution in [2.45, 2.75) is 30.7 Å². The van der Waals surface area contributed by atoms with Crippen LogP contribution in [0.4, 0.5) is 5.82 Å². The van der Waals surface area contributed by atoms with E-state index in [1.165, 1.54) is 17.8 Å². The molecule has 0 saturated heterocycles. The summed E-state index contributed by atoms with van der Waals surface area (Å²) in [6.07, 6.45) is 1.79. The van der Waals surface area contributed by atoms with Crippen molar-refractivity contribution in [3.8, 4) is 0 Å². The number of pyridine rings is 1. The first-order chi connectivity index (χ1) is 8.88. The van der Waals surface area contributed by atoms with Gasteiger partial charge < -0.3 is 5.73 Å². The van der Waals surface area contributed by atoms with Gasteiger partial charge in [0.25, 0.3) is 0 Å². The molecule has 2 heterocycles. The van der Waals surface area contributed by atoms with Crippen molar-refractivity contribution in [3.05, 3.63) is 40.8 Å². The average Bonchev–Trinajstić information content (AvgIpc) is 2.26. The summed E-state index contributed by atoms with van der Waals surface area (Å²) in [5.74, 6) is 0.371. The molecule has 0 fully saturated rings. The highest BCUT2D eigenvalue weighted by atomic mass is 35.5. The van der Waals surface area contributed by atoms with E-state index in [9.17, 15) is 0 Å². The SMILES string of the molecule is Cc1cccnc1C(C)(C)Sc1nc(N)cc(Cl)n1. The summed E-state index contributed by atoms with van der Waals surface area (Å²) in [6, 6.07) is 5.50. The summed E-state index contributed by atoms with van der Waals surface area (Å²) in [4.78, 5) is 12.8. The molecule has 2 N–H and O–H groups in total. The maximum absolute atomic E-state index is 5.90. The summed E-state index contributed by atoms with van der Waals surface area (Å²) in [5, 5.41) is 0.906. The topological polar surface area (TPSA) is 64.7 Å². The van der Waals surface area contributed by atoms with Crippen LogP contribution in [-0.4, -0.2) is 15.0 Å². The van der Waals surface area contributed by atoms with Crippen molar-refractivity contribution in [2.24, 2.45) is 0 Å². The van der Waals surface area contributed by atoms with Gasteiger partial charge in [0, 0.05) is 12.3 Å². The number of aryl methyl sites for hydroxylation is 1. The van der Waals surface area contributed by atoms with Crippen LogP contribution in [0.1, 0.15) is 25.1 Å². The lowest BCUT2D eigenvalue weighted by atomic mass is 10.0. The lowest BCUT2D eigenvalue weighted by Gasteiger charge is -2.24. The number of nitrogen functional groups attached to an aromatic ring is 1. The van der Waals surface area contributed by atoms with E-state index < -0.39 is 0 Å². The smallest absolute Gasteiger partial charge is 0.191 e. The van der Waals surface area contributed by atoms with Crippen molar-refractivity contribution in [1.29, 1.82) is 0 Å². The second kappa shape index (κ2) is 5.35. The molecule has 4 nitrogen and oxygen atoms in total. The molecule has 6 heteroatoms. The molecule has 0 aliphatic rings. The van der Waals surface area contributed by atoms with E-state index >= 15 is 0 Å². The normalized spacial score (nSPS) is 11.6. The van der Waals surface area contributed by atoms with Crippen LogP contribution in [-0.2, 0) is 4.75 Å². The van der Waals surface area contributed by atoms with Gasteiger partial charge in [0.05, 0.1) is 10.4 Å². The van der Waals surface area contributed by atoms with E-state index in [2.05, 4.69) is 28.8 Å². The Kier molecular flexibility index (Phi) is 3.96. The Labute approximate surface area is 121 Å². The summed E-state index contributed by atoms with van der Waals surface area (Å²) in [7, 11) is 0. The molecule has 2 rings (SSSR count). The number of halogens is 1. The van der Waals surface area contributed by atoms with Crippen LogP contribution in [0.2, 0.25) is 5.15 Å². The molecule has 0 radical (unpaired) electrons. The molecule has 0 saturated carbocycles. The number of hydrogen-bond donors (Lipinski definition) is 1. The van der Waals surface area contributed by atoms with Crippen molar-refractivity contribution in [1.82, 2.24) is 15.0 Å². The monoisotopic (exact) mass is 294 g/mol. The quantitative estimate of drug-likeness (QED) is 0.534. The van der Waals surface area contributed by atoms with Crippen LogP contribution in [0, 0.1) is 6.92 Å². The molecule has 0 aromatic carbocycles. The summed E-state index contributed by atoms with van der Waals surface area (Å²) >= 11 is 7.39. The number of rotatable bonds is 3. The highest BCUT2D eigenvalue weighted by Gasteiger charge is 2.27. The van der Waals surface area contributed by atoms with Gasteiger partial charge in [-0.1, -0.05) is 29.4 Å². The minimum atomic E-state index is -0.261. The number of nitrogens with two attached hydrogens (primary N) is 1. The molecule has 0 atom stereocenters. The molecule has 2 aromatic rings. The van der Waals surface area contributed by atoms with Gasteiger partial charge in [-0.2, -0.15) is 0 Å². The second-order valence-electron chi connectivity index (χ2n) is 4.68. The van der Waals surface area contributed by atoms with Crippen LogP contribution < -0.4 is 5.73 Å². The first kappa shape index (κ1) is 14.1. The lowest BCUT2D eigenvalue weighted by molar-refractivity contribution is 0.731. The number of anilines is 1. The summed E-state index contributed by atoms with van der Waals surface area (Å²) < 4.78 is -0.261. The van der Waals surface area contributed by atoms with Crippen molar-refractivity contribution < 1.29 is 0 Å². The molecular formula is C13H15ClN4S. The largest absolute Gasteiger partial charge is 0.384 e. The Balaban J connectivity index is 2.33. The minimum absolute atomic E-state index is 0.261. The molecule has 0 unspecified atom stereocenters. The van der Waals surface area contributed by atoms with Crippen LogP contribution in [0.3, 0.4) is 0 Å². The third-order valence-electron chi connectivity index (χ3n) is 2.62. The number of thioether (sulfide) groups is 1. The average molecular weight is 295 g/mol. The zero-order chi connectivity index (χ0) is 14.0. The highest BCUT2D eigenvalue weighted by Crippen LogP contribution is 2.39. The Morgan fingerprint density at radius 3 is 2.68 bits per heavy atom. The summed E-state index contributed by atoms with van der Waals surface area (Å²) in [6.45, 7) is 6.19. The van der Waals surface area contributed by atoms with E-state index in [1.54, 1.807) is 6.20 Å². The molecule has 0 amide bonds. The van der Waals surface area contributed by atoms with Gasteiger partial charge in [-0.15, -0.1) is 0 Å². The number of nitrogens with zero attached hydrogens (tertiary/aromatic N) is 3. The second-order valence-corrected chi connectivity index (χ2v) is 6.66. The molecule has 0 aliphatic carbocycles. The zero-order valence-corrected chi connectivity index (χ0v) is 12.6. The molecule has 0 spiro atoms. The van der Waals surface area contributed by atoms with Gasteiger partial charge in [0.15, 0.2) is 5.16 Å². The Bertz CT molecular complexity index is 581. The first-order valence-electron chi connectivity index (χ1n) is 5.79. The molecule has 2 aromatic heterocycles. The highest BCUT2D eigenvalue weighted by molar-refractivity contribution is 8.00. The van der Waals surface area contributed by atoms with Crippen LogP contribution >= 0.6 is 23.4 Å². The van der Waals surface area contributed by atoms with Gasteiger partial charge >= 0.3 is 0 Å². The fraction of sp³-hybridized carbons (Fsp3) is 0.308. The fourth-order valence-electron chi connectivity index (χ4n) is 1.85. The summed E-state index contributed by atoms with van der Waals surface area (Å²) in [5.41, 5.74) is 7.82. The third-order valence-corrected chi connectivity index (χ3v) is 3.88. The number of hydrogen-bond acceptors (Lipinski definition) is 5. The molecule has 100 valence electrons. The van der Waals surface area contributed by atoms with Crippen LogP contribution in [0.15, 0.2) is 29.6 Å². The minimum Gasteiger partial charge on any atom is -0.384 e. The van der Waals surface area contributed by atoms with Crippen molar-refractivity contribution >= 4 is 29.2 Å². The van der Waals surface area contributed by atoms with E-state index in [1.807, 2.05) is 19.1 Å². The van der Waals surface area contributed by atoms with Crippen molar-refractivity contribution in [3.63, 3.8) is 0 Å². The predicted molar refractivity (Wildman–Crippen MR) is 79.3 cm³/mol. The van der Waals surface area contributed by atoms with Crippen LogP contribution in [0.25, 0.3) is 0 Å². The maximum atomic E-state index is 5.90. The van der Waals surface area contributed by atoms with E-state index in [-0.39, 0.29) is 4.75 Å². The van der Waals surface area contributed by atoms with E-state index in [0.29, 0.717) is 16.1 Å². The molecule has 19 heavy (non-hydrogen) atoms. The Morgan fingerprint density at radius 2 is 2.05 bits per heavy atom. The van der Waals surface area contributed by atoms with Gasteiger partial charge in [-0.3, -0.25) is 4.98 Å². The standard InChI is InChI=1S/C13H15ClN4S/c1-8-5-4-6-16-11(8)13(2,3)19-12-17-9(14)7-10(15)18-12/h4-7H,1-3H3,(H2,15,17,18). The first-order valence-corrected chi connectivity index (χ1v) is 6.99. The maximum Gasteiger partial charge on any atom is 0.191 e. The van der Waals surface area contributed by atoms with Gasteiger partial charge in [-0.25, -0.2) is 9.97 Å². The lowest BCUT2D eigenvalue weighted by Crippen LogP contribution is -2.16. The van der Waals surface area contributed by atoms with Gasteiger partial charge in [-0.05, 0) is 32.4 Å². The van der Waals surface area contributed by atoms with E-state index in [4.69, 9.17) is 17.3 Å². The molecule has 0 aliphatic heterocycles. The van der Waals surface area contributed by atoms with E-state index in [0.717, 1.165) is 11.3 Å². The van der Waals surface area contributed by atoms with Crippen LogP contribution in [0.5, 0.6) is 0 Å². The Morgan fingerprint density at radius 1 is 1.32 bits per heavy atom. The molecular weight excluding hydrogens is 280 g/mol. The van der Waals surface area contributed by atoms with Gasteiger partial charge in [0.1, 0.15) is 11.0 Å². The zero-order valence-electron chi connectivity index (χ0n) is 11.0. The third kappa shape index (κ3) is 3.36. The fourth-order valence-corrected chi connectivity index (χ4v) is 3.16. The van der Waals surface area contributed by atoms with Crippen molar-refractivity contribution in [2.75, 3.05) is 5.73 Å². The van der Waals surface area contributed by atoms with Gasteiger partial charge in [0.2, 0.25) is 0 Å². The predicted octanol–water partition coefficient (Wildman–Crippen LogP) is 3.44. The molecule has 0 bridgehead atoms.